The van der Waals surface area contributed by atoms with Gasteiger partial charge in [0.1, 0.15) is 0 Å². The molecule has 0 radical (unpaired) electrons. The molecule has 2 unspecified atom stereocenters. The summed E-state index contributed by atoms with van der Waals surface area (Å²) in [5, 5.41) is 0.592. The molecule has 9 heteroatoms. The van der Waals surface area contributed by atoms with Gasteiger partial charge in [0.15, 0.2) is 16.3 Å². The molecule has 1 amide bonds. The lowest BCUT2D eigenvalue weighted by molar-refractivity contribution is -0.134. The van der Waals surface area contributed by atoms with Crippen molar-refractivity contribution in [1.82, 2.24) is 23.6 Å². The van der Waals surface area contributed by atoms with E-state index in [4.69, 9.17) is 0 Å². The molecule has 1 aliphatic heterocycles. The van der Waals surface area contributed by atoms with Crippen molar-refractivity contribution in [2.75, 3.05) is 5.75 Å². The first-order chi connectivity index (χ1) is 13.1. The van der Waals surface area contributed by atoms with E-state index in [1.165, 1.54) is 23.4 Å². The SMILES string of the molecule is CC1CCCC(C)N1C(=O)CSc1nc2c(c(=O)n(C)c(=O)n2C)n1C(C)C. The number of nitrogens with zero attached hydrogens (tertiary/aromatic N) is 5. The summed E-state index contributed by atoms with van der Waals surface area (Å²) in [7, 11) is 3.08. The normalized spacial score (nSPS) is 20.3. The Morgan fingerprint density at radius 1 is 1.14 bits per heavy atom. The van der Waals surface area contributed by atoms with Crippen LogP contribution in [-0.2, 0) is 18.9 Å². The van der Waals surface area contributed by atoms with E-state index in [0.29, 0.717) is 16.3 Å². The molecule has 1 aliphatic rings. The topological polar surface area (TPSA) is 82.1 Å². The number of aromatic nitrogens is 4. The van der Waals surface area contributed by atoms with Crippen molar-refractivity contribution in [3.05, 3.63) is 20.8 Å². The molecule has 0 bridgehead atoms. The Morgan fingerprint density at radius 2 is 1.75 bits per heavy atom. The highest BCUT2D eigenvalue weighted by atomic mass is 32.2. The van der Waals surface area contributed by atoms with E-state index in [-0.39, 0.29) is 35.3 Å². The quantitative estimate of drug-likeness (QED) is 0.723. The lowest BCUT2D eigenvalue weighted by Crippen LogP contribution is -2.48. The van der Waals surface area contributed by atoms with Crippen molar-refractivity contribution in [2.24, 2.45) is 14.1 Å². The summed E-state index contributed by atoms with van der Waals surface area (Å²) in [6, 6.07) is 0.461. The molecule has 154 valence electrons. The van der Waals surface area contributed by atoms with Crippen LogP contribution in [0, 0.1) is 0 Å². The number of carbonyl (C=O) groups is 1. The number of carbonyl (C=O) groups excluding carboxylic acids is 1. The summed E-state index contributed by atoms with van der Waals surface area (Å²) in [5.41, 5.74) is -0.0176. The van der Waals surface area contributed by atoms with Gasteiger partial charge in [0.25, 0.3) is 5.56 Å². The van der Waals surface area contributed by atoms with E-state index < -0.39 is 5.69 Å². The van der Waals surface area contributed by atoms with Crippen molar-refractivity contribution in [1.29, 1.82) is 0 Å². The number of likely N-dealkylation sites (tertiary alicyclic amines) is 1. The average molecular weight is 408 g/mol. The number of amides is 1. The molecule has 0 N–H and O–H groups in total. The zero-order valence-corrected chi connectivity index (χ0v) is 18.2. The van der Waals surface area contributed by atoms with E-state index in [2.05, 4.69) is 18.8 Å². The van der Waals surface area contributed by atoms with Crippen molar-refractivity contribution in [3.8, 4) is 0 Å². The summed E-state index contributed by atoms with van der Waals surface area (Å²) in [5.74, 6) is 0.354. The van der Waals surface area contributed by atoms with Crippen molar-refractivity contribution in [3.63, 3.8) is 0 Å². The third-order valence-electron chi connectivity index (χ3n) is 5.58. The molecule has 2 aromatic heterocycles. The van der Waals surface area contributed by atoms with Crippen LogP contribution in [0.15, 0.2) is 14.7 Å². The molecule has 8 nitrogen and oxygen atoms in total. The molecule has 2 atom stereocenters. The molecule has 28 heavy (non-hydrogen) atoms. The van der Waals surface area contributed by atoms with Gasteiger partial charge in [-0.05, 0) is 47.0 Å². The molecule has 2 aromatic rings. The smallest absolute Gasteiger partial charge is 0.332 e. The van der Waals surface area contributed by atoms with E-state index in [1.807, 2.05) is 23.3 Å². The zero-order chi connectivity index (χ0) is 20.7. The van der Waals surface area contributed by atoms with Gasteiger partial charge in [-0.3, -0.25) is 18.7 Å². The Kier molecular flexibility index (Phi) is 5.74. The fourth-order valence-electron chi connectivity index (χ4n) is 4.09. The number of piperidine rings is 1. The lowest BCUT2D eigenvalue weighted by Gasteiger charge is -2.39. The largest absolute Gasteiger partial charge is 0.337 e. The maximum Gasteiger partial charge on any atom is 0.332 e. The summed E-state index contributed by atoms with van der Waals surface area (Å²) < 4.78 is 4.31. The minimum Gasteiger partial charge on any atom is -0.337 e. The first-order valence-electron chi connectivity index (χ1n) is 9.77. The Bertz CT molecular complexity index is 1010. The fraction of sp³-hybridized carbons (Fsp3) is 0.684. The van der Waals surface area contributed by atoms with Gasteiger partial charge in [0, 0.05) is 32.2 Å². The second-order valence-electron chi connectivity index (χ2n) is 7.95. The predicted octanol–water partition coefficient (Wildman–Crippen LogP) is 1.90. The van der Waals surface area contributed by atoms with Crippen LogP contribution in [0.1, 0.15) is 53.0 Å². The first kappa shape index (κ1) is 20.7. The van der Waals surface area contributed by atoms with Crippen LogP contribution in [0.2, 0.25) is 0 Å². The second-order valence-corrected chi connectivity index (χ2v) is 8.90. The van der Waals surface area contributed by atoms with Crippen molar-refractivity contribution in [2.45, 2.75) is 70.2 Å². The molecule has 0 aromatic carbocycles. The molecular weight excluding hydrogens is 378 g/mol. The van der Waals surface area contributed by atoms with Gasteiger partial charge in [0.05, 0.1) is 5.75 Å². The number of thioether (sulfide) groups is 1. The van der Waals surface area contributed by atoms with E-state index in [1.54, 1.807) is 7.05 Å². The standard InChI is InChI=1S/C19H29N5O3S/c1-11(2)23-15-16(21(5)19(27)22(6)17(15)26)20-18(23)28-10-14(25)24-12(3)8-7-9-13(24)4/h11-13H,7-10H2,1-6H3. The molecular formula is C19H29N5O3S. The molecule has 3 rings (SSSR count). The summed E-state index contributed by atoms with van der Waals surface area (Å²) in [6.07, 6.45) is 3.21. The van der Waals surface area contributed by atoms with Gasteiger partial charge in [0.2, 0.25) is 5.91 Å². The first-order valence-corrected chi connectivity index (χ1v) is 10.8. The van der Waals surface area contributed by atoms with Crippen LogP contribution < -0.4 is 11.2 Å². The molecule has 1 fully saturated rings. The highest BCUT2D eigenvalue weighted by Gasteiger charge is 2.29. The average Bonchev–Trinajstić information content (AvgIpc) is 3.03. The molecule has 0 spiro atoms. The zero-order valence-electron chi connectivity index (χ0n) is 17.4. The minimum atomic E-state index is -0.408. The number of rotatable bonds is 4. The predicted molar refractivity (Wildman–Crippen MR) is 111 cm³/mol. The van der Waals surface area contributed by atoms with Crippen LogP contribution >= 0.6 is 11.8 Å². The Morgan fingerprint density at radius 3 is 2.32 bits per heavy atom. The number of imidazole rings is 1. The van der Waals surface area contributed by atoms with Crippen LogP contribution in [0.5, 0.6) is 0 Å². The van der Waals surface area contributed by atoms with Crippen LogP contribution in [-0.4, -0.2) is 47.3 Å². The Labute approximate surface area is 168 Å². The van der Waals surface area contributed by atoms with E-state index >= 15 is 0 Å². The van der Waals surface area contributed by atoms with Crippen molar-refractivity contribution >= 4 is 28.8 Å². The lowest BCUT2D eigenvalue weighted by atomic mass is 9.98. The number of hydrogen-bond acceptors (Lipinski definition) is 5. The summed E-state index contributed by atoms with van der Waals surface area (Å²) in [6.45, 7) is 8.13. The third kappa shape index (κ3) is 3.40. The maximum atomic E-state index is 12.9. The van der Waals surface area contributed by atoms with Gasteiger partial charge in [-0.1, -0.05) is 11.8 Å². The summed E-state index contributed by atoms with van der Waals surface area (Å²) >= 11 is 1.33. The monoisotopic (exact) mass is 407 g/mol. The van der Waals surface area contributed by atoms with Crippen LogP contribution in [0.25, 0.3) is 11.2 Å². The van der Waals surface area contributed by atoms with Crippen LogP contribution in [0.3, 0.4) is 0 Å². The van der Waals surface area contributed by atoms with Crippen molar-refractivity contribution < 1.29 is 4.79 Å². The fourth-order valence-corrected chi connectivity index (χ4v) is 5.08. The Balaban J connectivity index is 1.97. The van der Waals surface area contributed by atoms with Gasteiger partial charge < -0.3 is 9.47 Å². The van der Waals surface area contributed by atoms with Crippen LogP contribution in [0.4, 0.5) is 0 Å². The van der Waals surface area contributed by atoms with E-state index in [9.17, 15) is 14.4 Å². The maximum absolute atomic E-state index is 12.9. The molecule has 3 heterocycles. The third-order valence-corrected chi connectivity index (χ3v) is 6.52. The van der Waals surface area contributed by atoms with Gasteiger partial charge in [-0.15, -0.1) is 0 Å². The van der Waals surface area contributed by atoms with E-state index in [0.717, 1.165) is 23.8 Å². The summed E-state index contributed by atoms with van der Waals surface area (Å²) in [4.78, 5) is 44.4. The van der Waals surface area contributed by atoms with Gasteiger partial charge in [-0.2, -0.15) is 0 Å². The van der Waals surface area contributed by atoms with Gasteiger partial charge >= 0.3 is 5.69 Å². The second kappa shape index (κ2) is 7.77. The number of aryl methyl sites for hydroxylation is 1. The molecule has 1 saturated heterocycles. The minimum absolute atomic E-state index is 0.0272. The number of fused-ring (bicyclic) bond motifs is 1. The highest BCUT2D eigenvalue weighted by Crippen LogP contribution is 2.28. The molecule has 0 aliphatic carbocycles. The van der Waals surface area contributed by atoms with Gasteiger partial charge in [-0.25, -0.2) is 9.78 Å². The number of hydrogen-bond donors (Lipinski definition) is 0. The highest BCUT2D eigenvalue weighted by molar-refractivity contribution is 7.99. The molecule has 0 saturated carbocycles. The Hall–Kier alpha value is -2.03.